The zero-order valence-corrected chi connectivity index (χ0v) is 28.6. The van der Waals surface area contributed by atoms with Gasteiger partial charge in [-0.1, -0.05) is 86.8 Å². The molecule has 1 aliphatic heterocycles. The van der Waals surface area contributed by atoms with E-state index in [1.807, 2.05) is 81.4 Å². The largest absolute Gasteiger partial charge is 0.460 e. The van der Waals surface area contributed by atoms with Crippen LogP contribution in [0.25, 0.3) is 0 Å². The summed E-state index contributed by atoms with van der Waals surface area (Å²) >= 11 is 0. The number of carbonyl (C=O) groups excluding carboxylic acids is 3. The number of likely N-dealkylation sites (tertiary alicyclic amines) is 1. The molecule has 2 fully saturated rings. The van der Waals surface area contributed by atoms with Crippen LogP contribution in [-0.4, -0.2) is 64.6 Å². The average molecular weight is 634 g/mol. The minimum Gasteiger partial charge on any atom is -0.460 e. The first-order valence-electron chi connectivity index (χ1n) is 17.0. The number of carbonyl (C=O) groups is 3. The lowest BCUT2D eigenvalue weighted by molar-refractivity contribution is -0.161. The number of nitrogens with zero attached hydrogens (tertiary/aromatic N) is 1. The van der Waals surface area contributed by atoms with Crippen LogP contribution in [0.2, 0.25) is 0 Å². The highest BCUT2D eigenvalue weighted by Gasteiger charge is 2.43. The van der Waals surface area contributed by atoms with Gasteiger partial charge in [0.1, 0.15) is 6.61 Å². The quantitative estimate of drug-likeness (QED) is 0.275. The van der Waals surface area contributed by atoms with Crippen molar-refractivity contribution in [3.05, 3.63) is 71.8 Å². The normalized spacial score (nSPS) is 22.5. The fourth-order valence-corrected chi connectivity index (χ4v) is 6.87. The van der Waals surface area contributed by atoms with E-state index in [1.165, 1.54) is 12.8 Å². The van der Waals surface area contributed by atoms with E-state index in [2.05, 4.69) is 15.5 Å². The van der Waals surface area contributed by atoms with Crippen LogP contribution in [0.4, 0.5) is 0 Å². The van der Waals surface area contributed by atoms with Crippen LogP contribution >= 0.6 is 0 Å². The molecule has 0 unspecified atom stereocenters. The Kier molecular flexibility index (Phi) is 12.1. The molecule has 0 spiro atoms. The second kappa shape index (κ2) is 15.6. The summed E-state index contributed by atoms with van der Waals surface area (Å²) in [5.41, 5.74) is 0.399. The molecule has 8 heteroatoms. The van der Waals surface area contributed by atoms with E-state index in [-0.39, 0.29) is 36.5 Å². The Morgan fingerprint density at radius 3 is 2.11 bits per heavy atom. The molecule has 0 radical (unpaired) electrons. The van der Waals surface area contributed by atoms with Crippen LogP contribution < -0.4 is 10.6 Å². The molecule has 1 saturated heterocycles. The van der Waals surface area contributed by atoms with Gasteiger partial charge < -0.3 is 20.5 Å². The number of ether oxygens (including phenoxy) is 1. The van der Waals surface area contributed by atoms with E-state index < -0.39 is 29.4 Å². The lowest BCUT2D eigenvalue weighted by atomic mass is 9.72. The fourth-order valence-electron chi connectivity index (χ4n) is 6.87. The number of piperidine rings is 1. The average Bonchev–Trinajstić information content (AvgIpc) is 3.02. The number of β-amino-alcohol motifs (C(OH)–C–C–N with tert-alkyl or cyclic N) is 1. The number of benzene rings is 2. The van der Waals surface area contributed by atoms with Gasteiger partial charge in [-0.05, 0) is 76.8 Å². The number of hydrogen-bond acceptors (Lipinski definition) is 6. The van der Waals surface area contributed by atoms with E-state index in [9.17, 15) is 19.5 Å². The lowest BCUT2D eigenvalue weighted by Crippen LogP contribution is -2.60. The van der Waals surface area contributed by atoms with Crippen LogP contribution in [0.1, 0.15) is 84.8 Å². The van der Waals surface area contributed by atoms with Gasteiger partial charge in [0.05, 0.1) is 29.5 Å². The van der Waals surface area contributed by atoms with Gasteiger partial charge in [-0.25, -0.2) is 0 Å². The van der Waals surface area contributed by atoms with Crippen molar-refractivity contribution >= 4 is 17.8 Å². The molecule has 1 saturated carbocycles. The molecule has 3 N–H and O–H groups in total. The smallest absolute Gasteiger partial charge is 0.312 e. The first-order valence-corrected chi connectivity index (χ1v) is 17.0. The molecule has 4 rings (SSSR count). The molecule has 1 aliphatic carbocycles. The third kappa shape index (κ3) is 9.64. The Morgan fingerprint density at radius 2 is 1.50 bits per heavy atom. The standard InChI is InChI=1S/C38H55N3O5/c1-26(38(5,6)36(45)46-25-28-17-11-8-12-18-28)34(43)39-31(21-27-15-9-7-10-16-27)33(42)24-41-23-30-20-14-13-19-29(30)22-32(41)35(44)40-37(2,3)4/h7-12,15-18,26,29-33,42H,13-14,19-25H2,1-6H3,(H,39,43)(H,40,44)/t26-,29+,30-,31+,32-,33-/m1/s1. The van der Waals surface area contributed by atoms with Crippen LogP contribution in [0.5, 0.6) is 0 Å². The Labute approximate surface area is 275 Å². The molecular formula is C38H55N3O5. The monoisotopic (exact) mass is 633 g/mol. The molecule has 8 nitrogen and oxygen atoms in total. The van der Waals surface area contributed by atoms with Gasteiger partial charge in [-0.2, -0.15) is 0 Å². The zero-order valence-electron chi connectivity index (χ0n) is 28.6. The number of amides is 2. The van der Waals surface area contributed by atoms with Gasteiger partial charge in [0.15, 0.2) is 0 Å². The second-order valence-electron chi connectivity index (χ2n) is 15.1. The van der Waals surface area contributed by atoms with Crippen molar-refractivity contribution in [2.24, 2.45) is 23.2 Å². The Balaban J connectivity index is 1.49. The molecule has 1 heterocycles. The summed E-state index contributed by atoms with van der Waals surface area (Å²) in [7, 11) is 0. The van der Waals surface area contributed by atoms with E-state index >= 15 is 0 Å². The first-order chi connectivity index (χ1) is 21.7. The number of hydrogen-bond donors (Lipinski definition) is 3. The molecule has 0 bridgehead atoms. The van der Waals surface area contributed by atoms with Crippen molar-refractivity contribution in [3.63, 3.8) is 0 Å². The Bertz CT molecular complexity index is 1290. The number of esters is 1. The third-order valence-electron chi connectivity index (χ3n) is 10.0. The van der Waals surface area contributed by atoms with E-state index in [1.54, 1.807) is 20.8 Å². The highest BCUT2D eigenvalue weighted by atomic mass is 16.5. The van der Waals surface area contributed by atoms with Crippen molar-refractivity contribution in [2.75, 3.05) is 13.1 Å². The van der Waals surface area contributed by atoms with E-state index in [4.69, 9.17) is 4.74 Å². The lowest BCUT2D eigenvalue weighted by Gasteiger charge is -2.47. The summed E-state index contributed by atoms with van der Waals surface area (Å²) in [4.78, 5) is 42.7. The predicted octanol–water partition coefficient (Wildman–Crippen LogP) is 5.28. The molecule has 2 aromatic carbocycles. The van der Waals surface area contributed by atoms with Crippen molar-refractivity contribution in [1.29, 1.82) is 0 Å². The highest BCUT2D eigenvalue weighted by Crippen LogP contribution is 2.39. The van der Waals surface area contributed by atoms with Crippen molar-refractivity contribution in [1.82, 2.24) is 15.5 Å². The summed E-state index contributed by atoms with van der Waals surface area (Å²) in [5, 5.41) is 18.1. The maximum atomic E-state index is 13.8. The number of fused-ring (bicyclic) bond motifs is 1. The summed E-state index contributed by atoms with van der Waals surface area (Å²) in [6.07, 6.45) is 4.95. The highest BCUT2D eigenvalue weighted by molar-refractivity contribution is 5.87. The molecule has 6 atom stereocenters. The van der Waals surface area contributed by atoms with Gasteiger partial charge >= 0.3 is 5.97 Å². The third-order valence-corrected chi connectivity index (χ3v) is 10.0. The van der Waals surface area contributed by atoms with Crippen LogP contribution in [0.15, 0.2) is 60.7 Å². The van der Waals surface area contributed by atoms with E-state index in [0.717, 1.165) is 36.9 Å². The molecule has 252 valence electrons. The predicted molar refractivity (Wildman–Crippen MR) is 181 cm³/mol. The molecule has 2 aliphatic rings. The van der Waals surface area contributed by atoms with Gasteiger partial charge in [0.2, 0.25) is 11.8 Å². The van der Waals surface area contributed by atoms with Crippen molar-refractivity contribution < 1.29 is 24.2 Å². The van der Waals surface area contributed by atoms with Crippen LogP contribution in [0.3, 0.4) is 0 Å². The second-order valence-corrected chi connectivity index (χ2v) is 15.1. The molecule has 46 heavy (non-hydrogen) atoms. The number of nitrogens with one attached hydrogen (secondary N) is 2. The van der Waals surface area contributed by atoms with Gasteiger partial charge in [-0.15, -0.1) is 0 Å². The number of aliphatic hydroxyl groups is 1. The maximum Gasteiger partial charge on any atom is 0.312 e. The van der Waals surface area contributed by atoms with Crippen molar-refractivity contribution in [2.45, 2.75) is 110 Å². The summed E-state index contributed by atoms with van der Waals surface area (Å²) in [5.74, 6) is -0.481. The van der Waals surface area contributed by atoms with Crippen LogP contribution in [0, 0.1) is 23.2 Å². The SMILES string of the molecule is C[C@H](C(=O)N[C@@H](Cc1ccccc1)[C@H](O)CN1C[C@H]2CCCC[C@H]2C[C@@H]1C(=O)NC(C)(C)C)C(C)(C)C(=O)OCc1ccccc1. The fraction of sp³-hybridized carbons (Fsp3) is 0.605. The molecule has 0 aromatic heterocycles. The molecule has 2 aromatic rings. The topological polar surface area (TPSA) is 108 Å². The molecule has 2 amide bonds. The Morgan fingerprint density at radius 1 is 0.913 bits per heavy atom. The first kappa shape index (κ1) is 35.6. The number of rotatable bonds is 12. The summed E-state index contributed by atoms with van der Waals surface area (Å²) < 4.78 is 5.61. The van der Waals surface area contributed by atoms with Gasteiger partial charge in [0, 0.05) is 18.6 Å². The molecular weight excluding hydrogens is 578 g/mol. The summed E-state index contributed by atoms with van der Waals surface area (Å²) in [6, 6.07) is 18.3. The maximum absolute atomic E-state index is 13.8. The van der Waals surface area contributed by atoms with E-state index in [0.29, 0.717) is 18.3 Å². The Hall–Kier alpha value is -3.23. The van der Waals surface area contributed by atoms with Gasteiger partial charge in [0.25, 0.3) is 0 Å². The minimum atomic E-state index is -1.10. The van der Waals surface area contributed by atoms with Crippen molar-refractivity contribution in [3.8, 4) is 0 Å². The summed E-state index contributed by atoms with van der Waals surface area (Å²) in [6.45, 7) is 12.3. The van der Waals surface area contributed by atoms with Crippen LogP contribution in [-0.2, 0) is 32.1 Å². The minimum absolute atomic E-state index is 0.00300. The zero-order chi connectivity index (χ0) is 33.5. The number of aliphatic hydroxyl groups excluding tert-OH is 1. The van der Waals surface area contributed by atoms with Gasteiger partial charge in [-0.3, -0.25) is 19.3 Å².